The molecule has 6 heterocycles. The Morgan fingerprint density at radius 3 is 0.800 bits per heavy atom. The zero-order valence-electron chi connectivity index (χ0n) is 83.3. The number of H-pyrrole nitrogens is 5. The minimum absolute atomic E-state index is 0.00926. The van der Waals surface area contributed by atoms with Crippen molar-refractivity contribution in [2.75, 3.05) is 6.54 Å². The van der Waals surface area contributed by atoms with Crippen molar-refractivity contribution in [3.8, 4) is 0 Å². The molecular formula is C87H177N27O6. The summed E-state index contributed by atoms with van der Waals surface area (Å²) in [5.74, 6) is 12.8. The predicted molar refractivity (Wildman–Crippen MR) is 498 cm³/mol. The van der Waals surface area contributed by atoms with Gasteiger partial charge in [0.15, 0.2) is 17.5 Å². The van der Waals surface area contributed by atoms with Gasteiger partial charge in [0.2, 0.25) is 23.6 Å². The summed E-state index contributed by atoms with van der Waals surface area (Å²) in [6, 6.07) is 1.18. The van der Waals surface area contributed by atoms with Crippen molar-refractivity contribution in [1.29, 1.82) is 0 Å². The molecule has 5 aromatic heterocycles. The Hall–Kier alpha value is -9.07. The minimum Gasteiger partial charge on any atom is -0.512 e. The van der Waals surface area contributed by atoms with Crippen LogP contribution in [0.15, 0.2) is 49.7 Å². The molecule has 0 unspecified atom stereocenters. The van der Waals surface area contributed by atoms with E-state index in [1.165, 1.54) is 11.4 Å². The van der Waals surface area contributed by atoms with Crippen molar-refractivity contribution in [3.05, 3.63) is 64.7 Å². The van der Waals surface area contributed by atoms with Gasteiger partial charge in [-0.2, -0.15) is 20.8 Å². The molecule has 0 fully saturated rings. The maximum Gasteiger partial charge on any atom is 0.222 e. The van der Waals surface area contributed by atoms with Gasteiger partial charge in [-0.25, -0.2) is 9.97 Å². The van der Waals surface area contributed by atoms with Gasteiger partial charge >= 0.3 is 0 Å². The van der Waals surface area contributed by atoms with Gasteiger partial charge in [0.05, 0.1) is 23.1 Å². The van der Waals surface area contributed by atoms with Crippen LogP contribution in [0.5, 0.6) is 0 Å². The number of hydrogen-bond donors (Lipinski definition) is 12. The third-order valence-electron chi connectivity index (χ3n) is 14.7. The number of hydrogen-bond acceptors (Lipinski definition) is 22. The van der Waals surface area contributed by atoms with E-state index in [4.69, 9.17) is 28.0 Å². The van der Waals surface area contributed by atoms with E-state index < -0.39 is 0 Å². The van der Waals surface area contributed by atoms with E-state index in [0.717, 1.165) is 52.9 Å². The third kappa shape index (κ3) is 81.3. The van der Waals surface area contributed by atoms with E-state index in [-0.39, 0.29) is 71.2 Å². The van der Waals surface area contributed by atoms with Crippen LogP contribution in [0.25, 0.3) is 0 Å². The van der Waals surface area contributed by atoms with E-state index in [9.17, 15) is 24.0 Å². The molecule has 0 spiro atoms. The number of imidazole rings is 2. The van der Waals surface area contributed by atoms with E-state index in [0.29, 0.717) is 101 Å². The molecule has 4 amide bonds. The summed E-state index contributed by atoms with van der Waals surface area (Å²) >= 11 is 0. The maximum absolute atomic E-state index is 11.0. The zero-order valence-corrected chi connectivity index (χ0v) is 83.3. The van der Waals surface area contributed by atoms with Crippen LogP contribution in [-0.4, -0.2) is 164 Å². The van der Waals surface area contributed by atoms with E-state index >= 15 is 0 Å². The lowest BCUT2D eigenvalue weighted by atomic mass is 9.99. The summed E-state index contributed by atoms with van der Waals surface area (Å²) in [4.78, 5) is 76.0. The van der Waals surface area contributed by atoms with Crippen molar-refractivity contribution >= 4 is 46.8 Å². The molecule has 5 aromatic rings. The number of Topliss-reactive ketones (excluding diaryl/α,β-unsaturated/α-hetero) is 1. The maximum atomic E-state index is 11.0. The highest BCUT2D eigenvalue weighted by Crippen LogP contribution is 2.17. The first kappa shape index (κ1) is 127. The number of allylic oxidation sites excluding steroid dienone is 2. The molecule has 0 saturated carbocycles. The largest absolute Gasteiger partial charge is 0.512 e. The first-order valence-corrected chi connectivity index (χ1v) is 43.0. The molecule has 33 nitrogen and oxygen atoms in total. The summed E-state index contributed by atoms with van der Waals surface area (Å²) in [5, 5.41) is 65.8. The van der Waals surface area contributed by atoms with Gasteiger partial charge in [-0.15, -0.1) is 35.7 Å². The van der Waals surface area contributed by atoms with Crippen molar-refractivity contribution in [1.82, 2.24) is 92.4 Å². The Balaban J connectivity index is -0.000000188. The van der Waals surface area contributed by atoms with Crippen LogP contribution in [0.2, 0.25) is 0 Å². The fraction of sp³-hybridized carbons (Fsp3) is 0.782. The summed E-state index contributed by atoms with van der Waals surface area (Å²) in [7, 11) is 0. The van der Waals surface area contributed by atoms with Crippen LogP contribution in [0, 0.1) is 65.1 Å². The second-order valence-electron chi connectivity index (χ2n) is 35.5. The minimum atomic E-state index is -0.241. The fourth-order valence-electron chi connectivity index (χ4n) is 6.61. The lowest BCUT2D eigenvalue weighted by molar-refractivity contribution is -0.125. The van der Waals surface area contributed by atoms with Crippen LogP contribution < -0.4 is 33.6 Å². The number of ketones is 1. The number of rotatable bonds is 23. The average Bonchev–Trinajstić information content (AvgIpc) is 1.75. The van der Waals surface area contributed by atoms with E-state index in [1.807, 2.05) is 198 Å². The molecule has 0 saturated heterocycles. The number of primary amides is 2. The quantitative estimate of drug-likeness (QED) is 0.0164. The number of carbonyl (C=O) groups excluding carboxylic acids is 5. The monoisotopic (exact) mass is 1700 g/mol. The average molecular weight is 1700 g/mol. The molecule has 6 rings (SSSR count). The number of aromatic amines is 5. The predicted octanol–water partition coefficient (Wildman–Crippen LogP) is 18.1. The molecule has 0 radical (unpaired) electrons. The lowest BCUT2D eigenvalue weighted by Gasteiger charge is -2.09. The molecule has 120 heavy (non-hydrogen) atoms. The zero-order chi connectivity index (χ0) is 95.7. The number of tetrazole rings is 3. The van der Waals surface area contributed by atoms with Crippen LogP contribution in [-0.2, 0) is 24.0 Å². The van der Waals surface area contributed by atoms with Crippen LogP contribution in [0.1, 0.15) is 393 Å². The van der Waals surface area contributed by atoms with Gasteiger partial charge in [-0.1, -0.05) is 265 Å². The van der Waals surface area contributed by atoms with Gasteiger partial charge in [-0.05, 0) is 96.3 Å². The molecule has 1 aliphatic rings. The SMILES string of the molecule is CC(C)/C=C(\O)C(C)C.CC(C)C(N)=O.CC(C)C(N)=O.CC(C)C1=NN=NC1.CC(C)CC(=O)C(C)C.CC(C)N=C(N)C(C)C.CC(C)N=C(N)C(C)C.CC(C)NC(=O)C(C)C.CC(C)NC(=O)C(C)C.CC(C)c1cnc(C(C)C)[nH]1.CC(C)c1cnc(C(C)C)[nH]1.CC(C)c1nn[nH]n1.CC(C)c1nn[nH]n1.CC(C)c1nn[nH]n1. The molecule has 696 valence electrons. The summed E-state index contributed by atoms with van der Waals surface area (Å²) in [5.41, 5.74) is 24.3. The van der Waals surface area contributed by atoms with Crippen molar-refractivity contribution < 1.29 is 29.1 Å². The summed E-state index contributed by atoms with van der Waals surface area (Å²) < 4.78 is 0. The normalized spacial score (nSPS) is 11.7. The number of amides is 4. The Bertz CT molecular complexity index is 3090. The standard InChI is InChI=1S/2C9H16N2.2C8H16O.2C7H16N2.2C7H15NO.C5H9N3.3C4H8N4.2C4H9NO/c2*1-6(2)8-5-10-9(11-8)7(3)4;2*1-6(2)5-8(9)7(3)4;2*1-5(2)7(8)9-6(3)4;2*1-5(2)7(9)8-6(3)4;1-4(2)5-3-6-8-7-5;3*1-3(2)4-5-7-8-6-4;2*1-3(2)4(5)6/h2*5-7H,1-4H3,(H,10,11);6-7H,5H2,1-4H3;5-7,9H,1-4H3;2*5-6H,1-4H3,(H2,8,9);2*5-6H,1-4H3,(H,8,9);4H,3H2,1-2H3;3*3H,1-2H3,(H,5,6,7,8);2*3H,1-2H3,(H2,5,6)/b;;;8-5-;;;;;;;;;;. The van der Waals surface area contributed by atoms with Gasteiger partial charge < -0.3 is 48.6 Å². The smallest absolute Gasteiger partial charge is 0.222 e. The van der Waals surface area contributed by atoms with Gasteiger partial charge in [-0.3, -0.25) is 34.0 Å². The second kappa shape index (κ2) is 73.8. The fourth-order valence-corrected chi connectivity index (χ4v) is 6.61. The molecule has 0 atom stereocenters. The molecule has 0 bridgehead atoms. The number of aliphatic imine (C=N–C) groups is 2. The first-order valence-electron chi connectivity index (χ1n) is 43.0. The molecule has 16 N–H and O–H groups in total. The Morgan fingerprint density at radius 2 is 0.708 bits per heavy atom. The highest BCUT2D eigenvalue weighted by atomic mass is 16.3. The first-order chi connectivity index (χ1) is 54.9. The molecule has 0 aromatic carbocycles. The van der Waals surface area contributed by atoms with Crippen LogP contribution in [0.4, 0.5) is 0 Å². The van der Waals surface area contributed by atoms with E-state index in [2.05, 4.69) is 215 Å². The Labute approximate surface area is 726 Å². The second-order valence-corrected chi connectivity index (χ2v) is 35.5. The van der Waals surface area contributed by atoms with Gasteiger partial charge in [0.1, 0.15) is 24.0 Å². The van der Waals surface area contributed by atoms with Crippen molar-refractivity contribution in [2.45, 2.75) is 377 Å². The molecule has 33 heteroatoms. The van der Waals surface area contributed by atoms with Gasteiger partial charge in [0, 0.05) is 131 Å². The third-order valence-corrected chi connectivity index (χ3v) is 14.7. The highest BCUT2D eigenvalue weighted by molar-refractivity contribution is 5.88. The number of nitrogens with two attached hydrogens (primary N) is 4. The van der Waals surface area contributed by atoms with E-state index in [1.54, 1.807) is 27.7 Å². The number of aliphatic hydroxyl groups excluding tert-OH is 1. The van der Waals surface area contributed by atoms with Gasteiger partial charge in [0.25, 0.3) is 0 Å². The lowest BCUT2D eigenvalue weighted by Crippen LogP contribution is -2.33. The Kier molecular flexibility index (Phi) is 77.8. The van der Waals surface area contributed by atoms with Crippen LogP contribution in [0.3, 0.4) is 0 Å². The van der Waals surface area contributed by atoms with Crippen molar-refractivity contribution in [2.24, 2.45) is 113 Å². The summed E-state index contributed by atoms with van der Waals surface area (Å²) in [6.07, 6.45) is 6.47. The number of aliphatic hydroxyl groups is 1. The molecule has 0 aliphatic carbocycles. The number of nitrogens with one attached hydrogen (secondary N) is 7. The topological polar surface area (TPSA) is 516 Å². The van der Waals surface area contributed by atoms with Crippen molar-refractivity contribution in [3.63, 3.8) is 0 Å². The summed E-state index contributed by atoms with van der Waals surface area (Å²) in [6.45, 7) is 89.0. The highest BCUT2D eigenvalue weighted by Gasteiger charge is 2.13. The van der Waals surface area contributed by atoms with Crippen LogP contribution >= 0.6 is 0 Å². The number of nitrogens with zero attached hydrogens (tertiary/aromatic N) is 16. The number of aromatic nitrogens is 16. The molecular weight excluding hydrogens is 1520 g/mol. The number of amidine groups is 2. The molecule has 1 aliphatic heterocycles. The number of carbonyl (C=O) groups is 5. The Morgan fingerprint density at radius 1 is 0.408 bits per heavy atom.